The highest BCUT2D eigenvalue weighted by atomic mass is 32.2. The van der Waals surface area contributed by atoms with Crippen LogP contribution in [0.3, 0.4) is 0 Å². The van der Waals surface area contributed by atoms with E-state index in [1.807, 2.05) is 20.9 Å². The lowest BCUT2D eigenvalue weighted by Crippen LogP contribution is -2.45. The second-order valence-electron chi connectivity index (χ2n) is 6.80. The van der Waals surface area contributed by atoms with Gasteiger partial charge in [0.25, 0.3) is 0 Å². The SMILES string of the molecule is CCc1nn(C)c(NC(=O)NCC[C@@H]2CCCCN2S(C)(=O)=O)c1CC. The van der Waals surface area contributed by atoms with E-state index in [2.05, 4.69) is 15.7 Å². The summed E-state index contributed by atoms with van der Waals surface area (Å²) in [5, 5.41) is 10.2. The standard InChI is InChI=1S/C17H31N5O3S/c1-5-14-15(6-2)20-21(3)16(14)19-17(23)18-11-10-13-9-7-8-12-22(13)26(4,24)25/h13H,5-12H2,1-4H3,(H2,18,19,23)/t13-/m0/s1. The minimum Gasteiger partial charge on any atom is -0.338 e. The fourth-order valence-electron chi connectivity index (χ4n) is 3.64. The number of nitrogens with one attached hydrogen (secondary N) is 2. The lowest BCUT2D eigenvalue weighted by molar-refractivity contribution is 0.235. The van der Waals surface area contributed by atoms with Crippen LogP contribution in [0.2, 0.25) is 0 Å². The van der Waals surface area contributed by atoms with Crippen LogP contribution in [0.25, 0.3) is 0 Å². The molecule has 8 nitrogen and oxygen atoms in total. The number of anilines is 1. The van der Waals surface area contributed by atoms with Gasteiger partial charge in [-0.15, -0.1) is 0 Å². The topological polar surface area (TPSA) is 96.3 Å². The van der Waals surface area contributed by atoms with Crippen molar-refractivity contribution in [3.63, 3.8) is 0 Å². The summed E-state index contributed by atoms with van der Waals surface area (Å²) in [4.78, 5) is 12.3. The lowest BCUT2D eigenvalue weighted by Gasteiger charge is -2.33. The third kappa shape index (κ3) is 4.97. The fraction of sp³-hybridized carbons (Fsp3) is 0.765. The lowest BCUT2D eigenvalue weighted by atomic mass is 10.0. The molecule has 1 aromatic rings. The summed E-state index contributed by atoms with van der Waals surface area (Å²) >= 11 is 0. The van der Waals surface area contributed by atoms with Gasteiger partial charge in [-0.25, -0.2) is 13.2 Å². The summed E-state index contributed by atoms with van der Waals surface area (Å²) in [5.41, 5.74) is 2.05. The molecule has 1 aliphatic rings. The number of hydrogen-bond donors (Lipinski definition) is 2. The van der Waals surface area contributed by atoms with E-state index in [1.165, 1.54) is 6.26 Å². The molecule has 0 saturated carbocycles. The van der Waals surface area contributed by atoms with Gasteiger partial charge < -0.3 is 5.32 Å². The van der Waals surface area contributed by atoms with E-state index in [0.29, 0.717) is 19.5 Å². The van der Waals surface area contributed by atoms with Crippen LogP contribution in [0.5, 0.6) is 0 Å². The van der Waals surface area contributed by atoms with E-state index in [-0.39, 0.29) is 12.1 Å². The summed E-state index contributed by atoms with van der Waals surface area (Å²) in [5.74, 6) is 0.720. The zero-order valence-corrected chi connectivity index (χ0v) is 17.0. The molecule has 0 aromatic carbocycles. The Morgan fingerprint density at radius 2 is 2.00 bits per heavy atom. The summed E-state index contributed by atoms with van der Waals surface area (Å²) in [6, 6.07) is -0.319. The smallest absolute Gasteiger partial charge is 0.320 e. The molecule has 0 spiro atoms. The van der Waals surface area contributed by atoms with Gasteiger partial charge in [0.1, 0.15) is 5.82 Å². The summed E-state index contributed by atoms with van der Waals surface area (Å²) in [7, 11) is -1.38. The van der Waals surface area contributed by atoms with Crippen molar-refractivity contribution >= 4 is 21.9 Å². The molecule has 2 rings (SSSR count). The first-order chi connectivity index (χ1) is 12.3. The van der Waals surface area contributed by atoms with Crippen LogP contribution in [0, 0.1) is 0 Å². The molecular formula is C17H31N5O3S. The third-order valence-corrected chi connectivity index (χ3v) is 6.24. The van der Waals surface area contributed by atoms with Crippen molar-refractivity contribution in [2.75, 3.05) is 24.7 Å². The fourth-order valence-corrected chi connectivity index (χ4v) is 4.85. The zero-order valence-electron chi connectivity index (χ0n) is 16.2. The van der Waals surface area contributed by atoms with E-state index < -0.39 is 10.0 Å². The van der Waals surface area contributed by atoms with E-state index in [4.69, 9.17) is 0 Å². The van der Waals surface area contributed by atoms with E-state index in [9.17, 15) is 13.2 Å². The molecule has 0 aliphatic carbocycles. The Kier molecular flexibility index (Phi) is 7.05. The first kappa shape index (κ1) is 20.7. The summed E-state index contributed by atoms with van der Waals surface area (Å²) in [6.07, 6.45) is 6.27. The second kappa shape index (κ2) is 8.85. The van der Waals surface area contributed by atoms with Crippen LogP contribution in [-0.4, -0.2) is 53.9 Å². The average Bonchev–Trinajstić information content (AvgIpc) is 2.89. The van der Waals surface area contributed by atoms with Crippen LogP contribution in [0.15, 0.2) is 0 Å². The predicted octanol–water partition coefficient (Wildman–Crippen LogP) is 1.87. The van der Waals surface area contributed by atoms with Crippen molar-refractivity contribution in [2.45, 2.75) is 58.4 Å². The van der Waals surface area contributed by atoms with Gasteiger partial charge >= 0.3 is 6.03 Å². The molecular weight excluding hydrogens is 354 g/mol. The van der Waals surface area contributed by atoms with Crippen LogP contribution in [-0.2, 0) is 29.9 Å². The van der Waals surface area contributed by atoms with Crippen molar-refractivity contribution < 1.29 is 13.2 Å². The highest BCUT2D eigenvalue weighted by Gasteiger charge is 2.29. The van der Waals surface area contributed by atoms with Crippen molar-refractivity contribution in [1.29, 1.82) is 0 Å². The third-order valence-electron chi connectivity index (χ3n) is 4.91. The maximum absolute atomic E-state index is 12.3. The molecule has 0 radical (unpaired) electrons. The Morgan fingerprint density at radius 3 is 2.62 bits per heavy atom. The number of carbonyl (C=O) groups excluding carboxylic acids is 1. The number of rotatable bonds is 7. The van der Waals surface area contributed by atoms with Gasteiger partial charge in [0.05, 0.1) is 11.9 Å². The molecule has 1 atom stereocenters. The van der Waals surface area contributed by atoms with E-state index in [1.54, 1.807) is 8.99 Å². The highest BCUT2D eigenvalue weighted by molar-refractivity contribution is 7.88. The number of carbonyl (C=O) groups is 1. The quantitative estimate of drug-likeness (QED) is 0.749. The highest BCUT2D eigenvalue weighted by Crippen LogP contribution is 2.22. The van der Waals surface area contributed by atoms with Gasteiger partial charge in [0.15, 0.2) is 0 Å². The van der Waals surface area contributed by atoms with Gasteiger partial charge in [-0.05, 0) is 32.1 Å². The number of amides is 2. The largest absolute Gasteiger partial charge is 0.338 e. The number of aryl methyl sites for hydroxylation is 2. The maximum Gasteiger partial charge on any atom is 0.320 e. The van der Waals surface area contributed by atoms with Crippen LogP contribution in [0.4, 0.5) is 10.6 Å². The number of aromatic nitrogens is 2. The molecule has 0 unspecified atom stereocenters. The van der Waals surface area contributed by atoms with Gasteiger partial charge in [-0.3, -0.25) is 10.00 Å². The van der Waals surface area contributed by atoms with Gasteiger partial charge in [0.2, 0.25) is 10.0 Å². The maximum atomic E-state index is 12.3. The first-order valence-corrected chi connectivity index (χ1v) is 11.2. The van der Waals surface area contributed by atoms with Crippen molar-refractivity contribution in [2.24, 2.45) is 7.05 Å². The van der Waals surface area contributed by atoms with E-state index in [0.717, 1.165) is 49.2 Å². The molecule has 2 amide bonds. The van der Waals surface area contributed by atoms with Crippen LogP contribution >= 0.6 is 0 Å². The number of sulfonamides is 1. The Hall–Kier alpha value is -1.61. The number of hydrogen-bond acceptors (Lipinski definition) is 4. The predicted molar refractivity (Wildman–Crippen MR) is 103 cm³/mol. The molecule has 2 heterocycles. The monoisotopic (exact) mass is 385 g/mol. The molecule has 2 N–H and O–H groups in total. The van der Waals surface area contributed by atoms with E-state index >= 15 is 0 Å². The Balaban J connectivity index is 1.90. The second-order valence-corrected chi connectivity index (χ2v) is 8.73. The minimum atomic E-state index is -3.20. The molecule has 26 heavy (non-hydrogen) atoms. The Bertz CT molecular complexity index is 729. The normalized spacial score (nSPS) is 18.7. The molecule has 1 aliphatic heterocycles. The van der Waals surface area contributed by atoms with Crippen molar-refractivity contribution in [1.82, 2.24) is 19.4 Å². The minimum absolute atomic E-state index is 0.0337. The molecule has 1 fully saturated rings. The number of urea groups is 1. The molecule has 1 aromatic heterocycles. The van der Waals surface area contributed by atoms with Crippen molar-refractivity contribution in [3.8, 4) is 0 Å². The molecule has 148 valence electrons. The van der Waals surface area contributed by atoms with Crippen LogP contribution < -0.4 is 10.6 Å². The first-order valence-electron chi connectivity index (χ1n) is 9.34. The van der Waals surface area contributed by atoms with Gasteiger partial charge in [-0.1, -0.05) is 20.3 Å². The Morgan fingerprint density at radius 1 is 1.27 bits per heavy atom. The zero-order chi connectivity index (χ0) is 19.3. The number of piperidine rings is 1. The molecule has 0 bridgehead atoms. The van der Waals surface area contributed by atoms with Gasteiger partial charge in [0, 0.05) is 31.7 Å². The summed E-state index contributed by atoms with van der Waals surface area (Å²) in [6.45, 7) is 5.10. The van der Waals surface area contributed by atoms with Crippen molar-refractivity contribution in [3.05, 3.63) is 11.3 Å². The number of nitrogens with zero attached hydrogens (tertiary/aromatic N) is 3. The van der Waals surface area contributed by atoms with Gasteiger partial charge in [-0.2, -0.15) is 9.40 Å². The molecule has 1 saturated heterocycles. The molecule has 9 heteroatoms. The summed E-state index contributed by atoms with van der Waals surface area (Å²) < 4.78 is 27.0. The van der Waals surface area contributed by atoms with Crippen LogP contribution in [0.1, 0.15) is 50.8 Å². The Labute approximate surface area is 156 Å². The average molecular weight is 386 g/mol.